The van der Waals surface area contributed by atoms with Gasteiger partial charge in [-0.3, -0.25) is 9.59 Å². The van der Waals surface area contributed by atoms with Crippen LogP contribution in [0.1, 0.15) is 31.2 Å². The van der Waals surface area contributed by atoms with Crippen molar-refractivity contribution in [3.8, 4) is 0 Å². The topological polar surface area (TPSA) is 58.2 Å². The predicted octanol–water partition coefficient (Wildman–Crippen LogP) is 4.52. The van der Waals surface area contributed by atoms with Crippen molar-refractivity contribution in [3.05, 3.63) is 59.9 Å². The summed E-state index contributed by atoms with van der Waals surface area (Å²) in [5.74, 6) is -0.881. The van der Waals surface area contributed by atoms with Gasteiger partial charge in [0.15, 0.2) is 0 Å². The summed E-state index contributed by atoms with van der Waals surface area (Å²) < 4.78 is 13.6. The highest BCUT2D eigenvalue weighted by Crippen LogP contribution is 2.31. The van der Waals surface area contributed by atoms with E-state index in [9.17, 15) is 14.0 Å². The van der Waals surface area contributed by atoms with E-state index >= 15 is 0 Å². The summed E-state index contributed by atoms with van der Waals surface area (Å²) >= 11 is 0. The summed E-state index contributed by atoms with van der Waals surface area (Å²) in [6, 6.07) is 13.8. The highest BCUT2D eigenvalue weighted by Gasteiger charge is 2.30. The smallest absolute Gasteiger partial charge is 0.227 e. The van der Waals surface area contributed by atoms with Crippen LogP contribution in [0.4, 0.5) is 15.8 Å². The number of benzene rings is 2. The van der Waals surface area contributed by atoms with E-state index in [1.807, 2.05) is 31.2 Å². The van der Waals surface area contributed by atoms with Crippen LogP contribution < -0.4 is 10.6 Å². The van der Waals surface area contributed by atoms with Crippen LogP contribution in [0.3, 0.4) is 0 Å². The third-order valence-corrected chi connectivity index (χ3v) is 4.92. The molecule has 4 nitrogen and oxygen atoms in total. The zero-order valence-corrected chi connectivity index (χ0v) is 14.8. The largest absolute Gasteiger partial charge is 0.326 e. The Morgan fingerprint density at radius 2 is 1.38 bits per heavy atom. The molecule has 1 saturated carbocycles. The number of aryl methyl sites for hydroxylation is 1. The number of anilines is 2. The minimum Gasteiger partial charge on any atom is -0.326 e. The quantitative estimate of drug-likeness (QED) is 0.848. The second-order valence-corrected chi connectivity index (χ2v) is 6.87. The Kier molecular flexibility index (Phi) is 5.66. The highest BCUT2D eigenvalue weighted by atomic mass is 19.1. The fraction of sp³-hybridized carbons (Fsp3) is 0.333. The van der Waals surface area contributed by atoms with Crippen molar-refractivity contribution in [3.63, 3.8) is 0 Å². The van der Waals surface area contributed by atoms with Crippen LogP contribution in [0.2, 0.25) is 0 Å². The minimum atomic E-state index is -0.438. The monoisotopic (exact) mass is 354 g/mol. The van der Waals surface area contributed by atoms with Gasteiger partial charge < -0.3 is 10.6 Å². The molecule has 0 heterocycles. The van der Waals surface area contributed by atoms with Crippen molar-refractivity contribution >= 4 is 23.2 Å². The molecule has 1 fully saturated rings. The van der Waals surface area contributed by atoms with Gasteiger partial charge in [-0.15, -0.1) is 0 Å². The van der Waals surface area contributed by atoms with E-state index in [1.165, 1.54) is 6.07 Å². The maximum Gasteiger partial charge on any atom is 0.227 e. The molecule has 5 heteroatoms. The Balaban J connectivity index is 1.50. The Morgan fingerprint density at radius 1 is 0.846 bits per heavy atom. The predicted molar refractivity (Wildman–Crippen MR) is 100 cm³/mol. The van der Waals surface area contributed by atoms with Crippen molar-refractivity contribution in [1.82, 2.24) is 0 Å². The van der Waals surface area contributed by atoms with Crippen LogP contribution in [0.5, 0.6) is 0 Å². The van der Waals surface area contributed by atoms with Gasteiger partial charge in [0.2, 0.25) is 11.8 Å². The molecule has 0 atom stereocenters. The van der Waals surface area contributed by atoms with Gasteiger partial charge in [-0.25, -0.2) is 4.39 Å². The molecule has 0 radical (unpaired) electrons. The summed E-state index contributed by atoms with van der Waals surface area (Å²) in [5, 5.41) is 5.60. The van der Waals surface area contributed by atoms with E-state index in [1.54, 1.807) is 18.2 Å². The average Bonchev–Trinajstić information content (AvgIpc) is 2.65. The van der Waals surface area contributed by atoms with E-state index in [2.05, 4.69) is 10.6 Å². The van der Waals surface area contributed by atoms with Crippen LogP contribution in [-0.4, -0.2) is 11.8 Å². The maximum absolute atomic E-state index is 13.6. The lowest BCUT2D eigenvalue weighted by molar-refractivity contribution is -0.125. The number of hydrogen-bond acceptors (Lipinski definition) is 2. The zero-order chi connectivity index (χ0) is 18.5. The fourth-order valence-corrected chi connectivity index (χ4v) is 3.30. The van der Waals surface area contributed by atoms with E-state index in [-0.39, 0.29) is 29.3 Å². The fourth-order valence-electron chi connectivity index (χ4n) is 3.30. The van der Waals surface area contributed by atoms with Gasteiger partial charge >= 0.3 is 0 Å². The second kappa shape index (κ2) is 8.13. The zero-order valence-electron chi connectivity index (χ0n) is 14.8. The summed E-state index contributed by atoms with van der Waals surface area (Å²) in [7, 11) is 0. The molecule has 0 bridgehead atoms. The lowest BCUT2D eigenvalue weighted by Crippen LogP contribution is -2.32. The van der Waals surface area contributed by atoms with Gasteiger partial charge in [0.1, 0.15) is 5.82 Å². The molecule has 26 heavy (non-hydrogen) atoms. The molecule has 136 valence electrons. The van der Waals surface area contributed by atoms with Gasteiger partial charge in [0.25, 0.3) is 0 Å². The molecule has 0 unspecified atom stereocenters. The van der Waals surface area contributed by atoms with Gasteiger partial charge in [-0.1, -0.05) is 29.8 Å². The molecule has 1 aliphatic rings. The number of carbonyl (C=O) groups is 2. The lowest BCUT2D eigenvalue weighted by Gasteiger charge is -2.27. The summed E-state index contributed by atoms with van der Waals surface area (Å²) in [6.07, 6.45) is 2.58. The molecule has 1 aliphatic carbocycles. The molecule has 2 aromatic carbocycles. The number of halogens is 1. The van der Waals surface area contributed by atoms with Crippen LogP contribution >= 0.6 is 0 Å². The SMILES string of the molecule is Cc1ccc(NC(=O)C2CCC(C(=O)Nc3ccccc3F)CC2)cc1. The number of hydrogen-bond donors (Lipinski definition) is 2. The number of rotatable bonds is 4. The maximum atomic E-state index is 13.6. The number of para-hydroxylation sites is 1. The molecular weight excluding hydrogens is 331 g/mol. The highest BCUT2D eigenvalue weighted by molar-refractivity contribution is 5.94. The minimum absolute atomic E-state index is 0.00168. The Labute approximate surface area is 152 Å². The molecule has 0 aliphatic heterocycles. The molecule has 0 spiro atoms. The molecule has 0 saturated heterocycles. The molecule has 2 amide bonds. The Morgan fingerprint density at radius 3 is 1.96 bits per heavy atom. The van der Waals surface area contributed by atoms with E-state index in [0.717, 1.165) is 11.3 Å². The molecule has 3 rings (SSSR count). The summed E-state index contributed by atoms with van der Waals surface area (Å²) in [4.78, 5) is 24.7. The molecule has 2 N–H and O–H groups in total. The summed E-state index contributed by atoms with van der Waals surface area (Å²) in [5.41, 5.74) is 2.14. The first-order valence-corrected chi connectivity index (χ1v) is 8.96. The normalized spacial score (nSPS) is 19.6. The summed E-state index contributed by atoms with van der Waals surface area (Å²) in [6.45, 7) is 2.00. The van der Waals surface area contributed by atoms with Crippen LogP contribution in [0.15, 0.2) is 48.5 Å². The van der Waals surface area contributed by atoms with Crippen molar-refractivity contribution in [2.24, 2.45) is 11.8 Å². The van der Waals surface area contributed by atoms with Gasteiger partial charge in [-0.2, -0.15) is 0 Å². The molecule has 2 aromatic rings. The Bertz CT molecular complexity index is 781. The van der Waals surface area contributed by atoms with Crippen molar-refractivity contribution in [1.29, 1.82) is 0 Å². The average molecular weight is 354 g/mol. The van der Waals surface area contributed by atoms with Crippen molar-refractivity contribution < 1.29 is 14.0 Å². The van der Waals surface area contributed by atoms with Gasteiger partial charge in [0, 0.05) is 17.5 Å². The third kappa shape index (κ3) is 4.48. The van der Waals surface area contributed by atoms with Gasteiger partial charge in [0.05, 0.1) is 5.69 Å². The standard InChI is InChI=1S/C21H23FN2O2/c1-14-6-12-17(13-7-14)23-20(25)15-8-10-16(11-9-15)21(26)24-19-5-3-2-4-18(19)22/h2-7,12-13,15-16H,8-11H2,1H3,(H,23,25)(H,24,26). The molecule has 0 aromatic heterocycles. The Hall–Kier alpha value is -2.69. The van der Waals surface area contributed by atoms with Crippen LogP contribution in [-0.2, 0) is 9.59 Å². The van der Waals surface area contributed by atoms with E-state index < -0.39 is 5.82 Å². The second-order valence-electron chi connectivity index (χ2n) is 6.87. The van der Waals surface area contributed by atoms with Crippen LogP contribution in [0.25, 0.3) is 0 Å². The van der Waals surface area contributed by atoms with E-state index in [4.69, 9.17) is 0 Å². The first-order chi connectivity index (χ1) is 12.5. The lowest BCUT2D eigenvalue weighted by atomic mass is 9.81. The van der Waals surface area contributed by atoms with Crippen LogP contribution in [0, 0.1) is 24.6 Å². The van der Waals surface area contributed by atoms with E-state index in [0.29, 0.717) is 25.7 Å². The van der Waals surface area contributed by atoms with Crippen molar-refractivity contribution in [2.75, 3.05) is 10.6 Å². The van der Waals surface area contributed by atoms with Gasteiger partial charge in [-0.05, 0) is 56.9 Å². The first kappa shape index (κ1) is 18.1. The number of nitrogens with one attached hydrogen (secondary N) is 2. The van der Waals surface area contributed by atoms with Crippen molar-refractivity contribution in [2.45, 2.75) is 32.6 Å². The third-order valence-electron chi connectivity index (χ3n) is 4.92. The number of carbonyl (C=O) groups excluding carboxylic acids is 2. The molecular formula is C21H23FN2O2. The first-order valence-electron chi connectivity index (χ1n) is 8.96. The number of amides is 2.